The first-order chi connectivity index (χ1) is 15.0. The Kier molecular flexibility index (Phi) is 8.84. The summed E-state index contributed by atoms with van der Waals surface area (Å²) in [6, 6.07) is 0. The van der Waals surface area contributed by atoms with E-state index in [1.165, 1.54) is 0 Å². The van der Waals surface area contributed by atoms with Gasteiger partial charge in [-0.1, -0.05) is 0 Å². The van der Waals surface area contributed by atoms with Crippen LogP contribution in [-0.4, -0.2) is 61.3 Å². The van der Waals surface area contributed by atoms with E-state index in [2.05, 4.69) is 5.09 Å². The Bertz CT molecular complexity index is 736. The second kappa shape index (κ2) is 9.79. The molecule has 0 aromatic carbocycles. The number of rotatable bonds is 12. The third kappa shape index (κ3) is 5.78. The molecule has 0 bridgehead atoms. The SMILES string of the molecule is CCOP(=O)(OCC)C(CP12(NCC(C)(C)O1)OC(C)(C)C(C)(C)O2)P(=O)(OCC)OCC. The Hall–Kier alpha value is 0.570. The van der Waals surface area contributed by atoms with Crippen molar-refractivity contribution in [2.45, 2.75) is 91.4 Å². The monoisotopic (exact) mass is 535 g/mol. The minimum atomic E-state index is -4.25. The molecule has 0 unspecified atom stereocenters. The zero-order chi connectivity index (χ0) is 25.4. The van der Waals surface area contributed by atoms with Crippen LogP contribution < -0.4 is 5.09 Å². The molecular formula is C20H44NO9P3. The standard InChI is InChI=1S/C20H44NO9P3/c1-11-24-31(22,25-12-2)17(32(23,26-13-3)27-14-4)15-33(21-16-18(5,6)28-33)29-19(7,8)20(9,10)30-33/h17,21H,11-16H2,1-10H3. The Morgan fingerprint density at radius 3 is 1.39 bits per heavy atom. The van der Waals surface area contributed by atoms with E-state index in [1.807, 2.05) is 41.5 Å². The fraction of sp³-hybridized carbons (Fsp3) is 1.00. The van der Waals surface area contributed by atoms with E-state index in [9.17, 15) is 9.13 Å². The second-order valence-electron chi connectivity index (χ2n) is 9.85. The molecule has 2 rings (SSSR count). The molecule has 2 saturated heterocycles. The molecule has 0 aromatic rings. The average molecular weight is 535 g/mol. The summed E-state index contributed by atoms with van der Waals surface area (Å²) < 4.78 is 71.0. The molecule has 0 atom stereocenters. The molecule has 1 spiro atoms. The van der Waals surface area contributed by atoms with Crippen LogP contribution in [0, 0.1) is 0 Å². The van der Waals surface area contributed by atoms with E-state index in [0.29, 0.717) is 6.54 Å². The van der Waals surface area contributed by atoms with Crippen LogP contribution in [-0.2, 0) is 40.8 Å². The average Bonchev–Trinajstić information content (AvgIpc) is 2.99. The third-order valence-corrected chi connectivity index (χ3v) is 16.8. The predicted molar refractivity (Wildman–Crippen MR) is 131 cm³/mol. The first kappa shape index (κ1) is 29.8. The van der Waals surface area contributed by atoms with Gasteiger partial charge in [-0.25, -0.2) is 0 Å². The van der Waals surface area contributed by atoms with E-state index in [1.54, 1.807) is 27.7 Å². The quantitative estimate of drug-likeness (QED) is 0.296. The summed E-state index contributed by atoms with van der Waals surface area (Å²) in [5.74, 6) is 0. The molecule has 0 aromatic heterocycles. The van der Waals surface area contributed by atoms with Gasteiger partial charge in [-0.2, -0.15) is 0 Å². The Balaban J connectivity index is 2.74. The van der Waals surface area contributed by atoms with Gasteiger partial charge in [0, 0.05) is 0 Å². The first-order valence-corrected chi connectivity index (χ1v) is 17.1. The fourth-order valence-electron chi connectivity index (χ4n) is 4.14. The van der Waals surface area contributed by atoms with E-state index in [-0.39, 0.29) is 32.6 Å². The molecule has 0 radical (unpaired) electrons. The van der Waals surface area contributed by atoms with Crippen LogP contribution in [0.2, 0.25) is 0 Å². The van der Waals surface area contributed by atoms with Crippen molar-refractivity contribution in [1.82, 2.24) is 5.09 Å². The second-order valence-corrected chi connectivity index (χ2v) is 18.0. The molecule has 2 fully saturated rings. The topological polar surface area (TPSA) is 111 Å². The van der Waals surface area contributed by atoms with E-state index in [0.717, 1.165) is 0 Å². The first-order valence-electron chi connectivity index (χ1n) is 11.7. The van der Waals surface area contributed by atoms with Gasteiger partial charge in [-0.15, -0.1) is 0 Å². The van der Waals surface area contributed by atoms with Crippen LogP contribution in [0.25, 0.3) is 0 Å². The Labute approximate surface area is 199 Å². The van der Waals surface area contributed by atoms with Crippen molar-refractivity contribution in [3.05, 3.63) is 0 Å². The van der Waals surface area contributed by atoms with Crippen molar-refractivity contribution in [1.29, 1.82) is 0 Å². The normalized spacial score (nSPS) is 26.5. The van der Waals surface area contributed by atoms with E-state index in [4.69, 9.17) is 31.7 Å². The van der Waals surface area contributed by atoms with Gasteiger partial charge in [-0.3, -0.25) is 0 Å². The van der Waals surface area contributed by atoms with Crippen molar-refractivity contribution in [3.8, 4) is 0 Å². The van der Waals surface area contributed by atoms with Gasteiger partial charge in [0.15, 0.2) is 0 Å². The molecule has 13 heteroatoms. The summed E-state index contributed by atoms with van der Waals surface area (Å²) >= 11 is 0. The fourth-order valence-corrected chi connectivity index (χ4v) is 17.2. The van der Waals surface area contributed by atoms with E-state index >= 15 is 0 Å². The van der Waals surface area contributed by atoms with Gasteiger partial charge in [0.1, 0.15) is 0 Å². The number of hydrogen-bond acceptors (Lipinski definition) is 10. The molecule has 0 saturated carbocycles. The predicted octanol–water partition coefficient (Wildman–Crippen LogP) is 6.06. The minimum absolute atomic E-state index is 0.0838. The molecule has 0 amide bonds. The zero-order valence-electron chi connectivity index (χ0n) is 21.8. The Morgan fingerprint density at radius 1 is 0.758 bits per heavy atom. The van der Waals surface area contributed by atoms with Gasteiger partial charge in [0.05, 0.1) is 0 Å². The number of hydrogen-bond donors (Lipinski definition) is 1. The summed E-state index contributed by atoms with van der Waals surface area (Å²) in [7, 11) is -12.3. The van der Waals surface area contributed by atoms with Gasteiger partial charge >= 0.3 is 199 Å². The van der Waals surface area contributed by atoms with E-state index < -0.39 is 44.8 Å². The van der Waals surface area contributed by atoms with Gasteiger partial charge in [0.25, 0.3) is 0 Å². The molecule has 2 heterocycles. The maximum absolute atomic E-state index is 14.2. The molecule has 198 valence electrons. The Morgan fingerprint density at radius 2 is 1.12 bits per heavy atom. The van der Waals surface area contributed by atoms with Crippen molar-refractivity contribution < 1.29 is 40.8 Å². The molecule has 2 aliphatic heterocycles. The van der Waals surface area contributed by atoms with Crippen LogP contribution >= 0.6 is 22.6 Å². The summed E-state index contributed by atoms with van der Waals surface area (Å²) in [5.41, 5.74) is -2.20. The van der Waals surface area contributed by atoms with Gasteiger partial charge in [-0.05, 0) is 0 Å². The molecular weight excluding hydrogens is 491 g/mol. The zero-order valence-corrected chi connectivity index (χ0v) is 24.5. The van der Waals surface area contributed by atoms with Crippen molar-refractivity contribution in [3.63, 3.8) is 0 Å². The van der Waals surface area contributed by atoms with Crippen molar-refractivity contribution in [2.24, 2.45) is 0 Å². The van der Waals surface area contributed by atoms with Crippen molar-refractivity contribution >= 4 is 22.6 Å². The molecule has 10 nitrogen and oxygen atoms in total. The van der Waals surface area contributed by atoms with Gasteiger partial charge < -0.3 is 0 Å². The summed E-state index contributed by atoms with van der Waals surface area (Å²) in [6.45, 7) is 19.0. The maximum atomic E-state index is 14.2. The summed E-state index contributed by atoms with van der Waals surface area (Å²) in [6.07, 6.45) is -0.184. The molecule has 1 N–H and O–H groups in total. The van der Waals surface area contributed by atoms with Crippen molar-refractivity contribution in [2.75, 3.05) is 39.1 Å². The summed E-state index contributed by atoms with van der Waals surface area (Å²) in [5, 5.41) is 2.06. The molecule has 2 aliphatic rings. The van der Waals surface area contributed by atoms with Crippen LogP contribution in [0.15, 0.2) is 0 Å². The van der Waals surface area contributed by atoms with Crippen LogP contribution in [0.5, 0.6) is 0 Å². The molecule has 33 heavy (non-hydrogen) atoms. The van der Waals surface area contributed by atoms with Crippen LogP contribution in [0.4, 0.5) is 0 Å². The third-order valence-electron chi connectivity index (χ3n) is 5.96. The van der Waals surface area contributed by atoms with Crippen LogP contribution in [0.1, 0.15) is 69.2 Å². The summed E-state index contributed by atoms with van der Waals surface area (Å²) in [4.78, 5) is 0. The number of nitrogens with one attached hydrogen (secondary N) is 1. The molecule has 0 aliphatic carbocycles. The van der Waals surface area contributed by atoms with Crippen LogP contribution in [0.3, 0.4) is 0 Å². The van der Waals surface area contributed by atoms with Gasteiger partial charge in [0.2, 0.25) is 0 Å².